The zero-order valence-corrected chi connectivity index (χ0v) is 22.1. The molecule has 9 heteroatoms. The standard InChI is InChI=1S/C23H36N6O2.HI/c1-17-6-7-19(22(10-17)31-16-18-8-9-30-15-18)11-25-23(24-2)26-13-21(28(3)4)20-12-27-29(5)14-20;/h6-7,10,12,14,18,21H,8-9,11,13,15-16H2,1-5H3,(H2,24,25,26);1H. The summed E-state index contributed by atoms with van der Waals surface area (Å²) in [6, 6.07) is 6.53. The van der Waals surface area contributed by atoms with Crippen LogP contribution in [0, 0.1) is 12.8 Å². The summed E-state index contributed by atoms with van der Waals surface area (Å²) >= 11 is 0. The van der Waals surface area contributed by atoms with Crippen molar-refractivity contribution in [3.63, 3.8) is 0 Å². The summed E-state index contributed by atoms with van der Waals surface area (Å²) in [5.41, 5.74) is 3.47. The number of rotatable bonds is 9. The van der Waals surface area contributed by atoms with Crippen molar-refractivity contribution in [2.75, 3.05) is 47.5 Å². The quantitative estimate of drug-likeness (QED) is 0.281. The van der Waals surface area contributed by atoms with Crippen LogP contribution in [-0.2, 0) is 18.3 Å². The zero-order chi connectivity index (χ0) is 22.2. The number of ether oxygens (including phenoxy) is 2. The van der Waals surface area contributed by atoms with Gasteiger partial charge in [0.1, 0.15) is 5.75 Å². The van der Waals surface area contributed by atoms with Crippen LogP contribution in [0.4, 0.5) is 0 Å². The summed E-state index contributed by atoms with van der Waals surface area (Å²) in [6.07, 6.45) is 5.03. The fourth-order valence-electron chi connectivity index (χ4n) is 3.67. The van der Waals surface area contributed by atoms with Crippen LogP contribution >= 0.6 is 24.0 Å². The molecule has 8 nitrogen and oxygen atoms in total. The summed E-state index contributed by atoms with van der Waals surface area (Å²) < 4.78 is 13.5. The van der Waals surface area contributed by atoms with Gasteiger partial charge in [-0.05, 0) is 39.1 Å². The Morgan fingerprint density at radius 2 is 2.19 bits per heavy atom. The van der Waals surface area contributed by atoms with Crippen molar-refractivity contribution in [1.29, 1.82) is 0 Å². The molecule has 1 aliphatic heterocycles. The highest BCUT2D eigenvalue weighted by Gasteiger charge is 2.18. The van der Waals surface area contributed by atoms with Crippen LogP contribution in [0.15, 0.2) is 35.6 Å². The van der Waals surface area contributed by atoms with E-state index in [1.807, 2.05) is 24.1 Å². The number of hydrogen-bond donors (Lipinski definition) is 2. The summed E-state index contributed by atoms with van der Waals surface area (Å²) in [5, 5.41) is 11.2. The van der Waals surface area contributed by atoms with Gasteiger partial charge in [0.15, 0.2) is 5.96 Å². The van der Waals surface area contributed by atoms with E-state index in [-0.39, 0.29) is 30.0 Å². The number of guanidine groups is 1. The largest absolute Gasteiger partial charge is 0.493 e. The molecule has 2 N–H and O–H groups in total. The highest BCUT2D eigenvalue weighted by molar-refractivity contribution is 14.0. The second kappa shape index (κ2) is 13.0. The number of aromatic nitrogens is 2. The van der Waals surface area contributed by atoms with E-state index in [9.17, 15) is 0 Å². The molecule has 0 bridgehead atoms. The maximum atomic E-state index is 6.16. The van der Waals surface area contributed by atoms with Crippen LogP contribution in [-0.4, -0.2) is 68.1 Å². The van der Waals surface area contributed by atoms with E-state index in [1.54, 1.807) is 7.05 Å². The fraction of sp³-hybridized carbons (Fsp3) is 0.565. The number of benzene rings is 1. The third kappa shape index (κ3) is 7.63. The summed E-state index contributed by atoms with van der Waals surface area (Å²) in [4.78, 5) is 6.56. The topological polar surface area (TPSA) is 75.9 Å². The van der Waals surface area contributed by atoms with Gasteiger partial charge in [0.2, 0.25) is 0 Å². The lowest BCUT2D eigenvalue weighted by molar-refractivity contribution is 0.166. The minimum absolute atomic E-state index is 0. The third-order valence-electron chi connectivity index (χ3n) is 5.59. The number of nitrogens with one attached hydrogen (secondary N) is 2. The molecule has 1 aliphatic rings. The number of aryl methyl sites for hydroxylation is 2. The lowest BCUT2D eigenvalue weighted by Crippen LogP contribution is -2.41. The SMILES string of the molecule is CN=C(NCc1ccc(C)cc1OCC1CCOC1)NCC(c1cnn(C)c1)N(C)C.I. The molecule has 2 unspecified atom stereocenters. The highest BCUT2D eigenvalue weighted by Crippen LogP contribution is 2.23. The molecule has 1 aromatic carbocycles. The maximum absolute atomic E-state index is 6.16. The molecule has 1 saturated heterocycles. The molecule has 178 valence electrons. The van der Waals surface area contributed by atoms with Crippen molar-refractivity contribution in [3.8, 4) is 5.75 Å². The molecule has 2 heterocycles. The molecule has 0 radical (unpaired) electrons. The van der Waals surface area contributed by atoms with E-state index >= 15 is 0 Å². The van der Waals surface area contributed by atoms with E-state index in [2.05, 4.69) is 64.8 Å². The Labute approximate surface area is 208 Å². The third-order valence-corrected chi connectivity index (χ3v) is 5.59. The van der Waals surface area contributed by atoms with Crippen molar-refractivity contribution >= 4 is 29.9 Å². The van der Waals surface area contributed by atoms with Gasteiger partial charge in [-0.25, -0.2) is 0 Å². The summed E-state index contributed by atoms with van der Waals surface area (Å²) in [5.74, 6) is 2.16. The first-order valence-corrected chi connectivity index (χ1v) is 10.9. The van der Waals surface area contributed by atoms with E-state index in [0.717, 1.165) is 43.5 Å². The van der Waals surface area contributed by atoms with E-state index in [1.165, 1.54) is 11.1 Å². The fourth-order valence-corrected chi connectivity index (χ4v) is 3.67. The van der Waals surface area contributed by atoms with Gasteiger partial charge in [-0.2, -0.15) is 5.10 Å². The molecular formula is C23H37IN6O2. The van der Waals surface area contributed by atoms with Crippen LogP contribution in [0.3, 0.4) is 0 Å². The second-order valence-corrected chi connectivity index (χ2v) is 8.39. The molecule has 1 fully saturated rings. The van der Waals surface area contributed by atoms with Crippen LogP contribution in [0.1, 0.15) is 29.2 Å². The van der Waals surface area contributed by atoms with Gasteiger partial charge in [-0.15, -0.1) is 24.0 Å². The highest BCUT2D eigenvalue weighted by atomic mass is 127. The molecule has 3 rings (SSSR count). The van der Waals surface area contributed by atoms with E-state index in [4.69, 9.17) is 9.47 Å². The number of nitrogens with zero attached hydrogens (tertiary/aromatic N) is 4. The smallest absolute Gasteiger partial charge is 0.191 e. The first-order chi connectivity index (χ1) is 15.0. The van der Waals surface area contributed by atoms with Gasteiger partial charge in [-0.1, -0.05) is 12.1 Å². The van der Waals surface area contributed by atoms with Gasteiger partial charge in [0, 0.05) is 57.0 Å². The normalized spacial score (nSPS) is 17.2. The molecule has 0 aliphatic carbocycles. The van der Waals surface area contributed by atoms with Crippen LogP contribution < -0.4 is 15.4 Å². The average Bonchev–Trinajstić information content (AvgIpc) is 3.41. The molecular weight excluding hydrogens is 519 g/mol. The van der Waals surface area contributed by atoms with Crippen LogP contribution in [0.2, 0.25) is 0 Å². The predicted octanol–water partition coefficient (Wildman–Crippen LogP) is 2.73. The monoisotopic (exact) mass is 556 g/mol. The molecule has 2 atom stereocenters. The Morgan fingerprint density at radius 1 is 1.38 bits per heavy atom. The Morgan fingerprint density at radius 3 is 2.81 bits per heavy atom. The number of halogens is 1. The van der Waals surface area contributed by atoms with Gasteiger partial charge >= 0.3 is 0 Å². The van der Waals surface area contributed by atoms with Crippen molar-refractivity contribution in [2.24, 2.45) is 18.0 Å². The molecule has 0 saturated carbocycles. The lowest BCUT2D eigenvalue weighted by atomic mass is 10.1. The first kappa shape index (κ1) is 26.4. The van der Waals surface area contributed by atoms with Crippen molar-refractivity contribution in [1.82, 2.24) is 25.3 Å². The minimum atomic E-state index is 0. The van der Waals surface area contributed by atoms with Gasteiger partial charge in [0.05, 0.1) is 25.5 Å². The van der Waals surface area contributed by atoms with Crippen molar-refractivity contribution in [2.45, 2.75) is 25.9 Å². The van der Waals surface area contributed by atoms with Gasteiger partial charge < -0.3 is 25.0 Å². The molecule has 2 aromatic rings. The number of likely N-dealkylation sites (N-methyl/N-ethyl adjacent to an activating group) is 1. The van der Waals surface area contributed by atoms with Crippen molar-refractivity contribution in [3.05, 3.63) is 47.3 Å². The second-order valence-electron chi connectivity index (χ2n) is 8.39. The van der Waals surface area contributed by atoms with Gasteiger partial charge in [-0.3, -0.25) is 9.67 Å². The van der Waals surface area contributed by atoms with Gasteiger partial charge in [0.25, 0.3) is 0 Å². The summed E-state index contributed by atoms with van der Waals surface area (Å²) in [6.45, 7) is 5.76. The van der Waals surface area contributed by atoms with Crippen LogP contribution in [0.5, 0.6) is 5.75 Å². The number of hydrogen-bond acceptors (Lipinski definition) is 5. The zero-order valence-electron chi connectivity index (χ0n) is 19.8. The Bertz CT molecular complexity index is 864. The minimum Gasteiger partial charge on any atom is -0.493 e. The maximum Gasteiger partial charge on any atom is 0.191 e. The molecule has 0 amide bonds. The summed E-state index contributed by atoms with van der Waals surface area (Å²) in [7, 11) is 7.86. The Kier molecular flexibility index (Phi) is 10.7. The first-order valence-electron chi connectivity index (χ1n) is 10.9. The van der Waals surface area contributed by atoms with E-state index in [0.29, 0.717) is 19.1 Å². The Balaban J connectivity index is 0.00000363. The van der Waals surface area contributed by atoms with Crippen molar-refractivity contribution < 1.29 is 9.47 Å². The average molecular weight is 556 g/mol. The molecule has 1 aromatic heterocycles. The predicted molar refractivity (Wildman–Crippen MR) is 139 cm³/mol. The number of aliphatic imine (C=N–C) groups is 1. The molecule has 32 heavy (non-hydrogen) atoms. The Hall–Kier alpha value is -1.85. The van der Waals surface area contributed by atoms with E-state index < -0.39 is 0 Å². The van der Waals surface area contributed by atoms with Crippen LogP contribution in [0.25, 0.3) is 0 Å². The lowest BCUT2D eigenvalue weighted by Gasteiger charge is -2.24. The molecule has 0 spiro atoms.